The number of benzene rings is 4. The quantitative estimate of drug-likeness (QED) is 0.144. The first-order valence-corrected chi connectivity index (χ1v) is 14.6. The molecule has 0 saturated heterocycles. The molecule has 4 aromatic carbocycles. The fraction of sp³-hybridized carbons (Fsp3) is 0.152. The minimum absolute atomic E-state index is 0.458. The van der Waals surface area contributed by atoms with Gasteiger partial charge in [0.15, 0.2) is 22.8 Å². The highest BCUT2D eigenvalue weighted by Crippen LogP contribution is 2.25. The number of fused-ring (bicyclic) bond motifs is 4. The molecule has 0 aliphatic carbocycles. The van der Waals surface area contributed by atoms with E-state index in [-0.39, 0.29) is 0 Å². The Hall–Kier alpha value is -5.42. The van der Waals surface area contributed by atoms with Crippen LogP contribution in [-0.2, 0) is 6.54 Å². The molecule has 4 heterocycles. The number of aromatic nitrogens is 3. The molecule has 0 saturated carbocycles. The first-order valence-electron chi connectivity index (χ1n) is 13.8. The van der Waals surface area contributed by atoms with Crippen molar-refractivity contribution in [3.63, 3.8) is 0 Å². The Labute approximate surface area is 258 Å². The molecule has 7 aromatic rings. The maximum atomic E-state index is 5.67. The standard InChI is InChI=1S/C9H10N2.2C8H8N2O.C8H8N2S/c1-6-2-3-7-5-11-9(10)8(7)4-6;1-5-2-3-7-6(4-5)8(9)10-11-7;1-5-2-3-6-7(4-5)11-10-8(6)9;1-5-2-3-7-6(4-5)8(9)10-11-7/h2-4H,5H2,1H3,(H2,10,11);3*2-4H,1H3,(H2,9,10). The Kier molecular flexibility index (Phi) is 8.77. The van der Waals surface area contributed by atoms with Crippen LogP contribution in [0, 0.1) is 27.7 Å². The zero-order chi connectivity index (χ0) is 31.4. The third kappa shape index (κ3) is 6.79. The van der Waals surface area contributed by atoms with E-state index in [0.717, 1.165) is 55.3 Å². The second kappa shape index (κ2) is 12.8. The van der Waals surface area contributed by atoms with Gasteiger partial charge in [-0.3, -0.25) is 4.99 Å². The topological polar surface area (TPSA) is 181 Å². The van der Waals surface area contributed by atoms with Crippen molar-refractivity contribution in [3.05, 3.63) is 106 Å². The molecule has 0 radical (unpaired) electrons. The molecule has 0 amide bonds. The zero-order valence-corrected chi connectivity index (χ0v) is 25.8. The first-order chi connectivity index (χ1) is 21.1. The minimum Gasteiger partial charge on any atom is -0.383 e. The lowest BCUT2D eigenvalue weighted by Crippen LogP contribution is -2.10. The Balaban J connectivity index is 0.000000116. The van der Waals surface area contributed by atoms with E-state index in [1.54, 1.807) is 0 Å². The lowest BCUT2D eigenvalue weighted by molar-refractivity contribution is 0.460. The van der Waals surface area contributed by atoms with Gasteiger partial charge < -0.3 is 32.0 Å². The molecular weight excluding hydrogens is 572 g/mol. The second-order valence-electron chi connectivity index (χ2n) is 10.6. The Morgan fingerprint density at radius 1 is 0.591 bits per heavy atom. The molecule has 8 N–H and O–H groups in total. The molecule has 3 aromatic heterocycles. The predicted molar refractivity (Wildman–Crippen MR) is 181 cm³/mol. The van der Waals surface area contributed by atoms with Crippen LogP contribution in [0.2, 0.25) is 0 Å². The lowest BCUT2D eigenvalue weighted by atomic mass is 10.1. The van der Waals surface area contributed by atoms with Crippen molar-refractivity contribution in [3.8, 4) is 0 Å². The molecule has 44 heavy (non-hydrogen) atoms. The predicted octanol–water partition coefficient (Wildman–Crippen LogP) is 6.84. The van der Waals surface area contributed by atoms with Crippen LogP contribution < -0.4 is 22.9 Å². The number of aryl methyl sites for hydroxylation is 4. The largest absolute Gasteiger partial charge is 0.383 e. The number of nitrogen functional groups attached to an aromatic ring is 3. The molecule has 0 bridgehead atoms. The van der Waals surface area contributed by atoms with Crippen LogP contribution in [-0.4, -0.2) is 20.5 Å². The molecule has 0 unspecified atom stereocenters. The highest BCUT2D eigenvalue weighted by atomic mass is 32.1. The van der Waals surface area contributed by atoms with Gasteiger partial charge in [-0.25, -0.2) is 0 Å². The van der Waals surface area contributed by atoms with Crippen molar-refractivity contribution >= 4 is 66.8 Å². The molecular formula is C33H34N8O2S. The fourth-order valence-electron chi connectivity index (χ4n) is 4.53. The van der Waals surface area contributed by atoms with Crippen LogP contribution in [0.3, 0.4) is 0 Å². The van der Waals surface area contributed by atoms with Gasteiger partial charge in [0, 0.05) is 10.9 Å². The molecule has 224 valence electrons. The molecule has 1 aliphatic heterocycles. The highest BCUT2D eigenvalue weighted by Gasteiger charge is 2.11. The van der Waals surface area contributed by atoms with Gasteiger partial charge in [0.2, 0.25) is 0 Å². The van der Waals surface area contributed by atoms with E-state index >= 15 is 0 Å². The van der Waals surface area contributed by atoms with Crippen LogP contribution in [0.15, 0.2) is 86.8 Å². The Morgan fingerprint density at radius 2 is 1.18 bits per heavy atom. The SMILES string of the molecule is Cc1ccc2c(N)noc2c1.Cc1ccc2c(c1)C(N)=NC2.Cc1ccc2onc(N)c2c1.Cc1ccc2snc(N)c2c1. The van der Waals surface area contributed by atoms with Gasteiger partial charge in [-0.1, -0.05) is 57.3 Å². The van der Waals surface area contributed by atoms with Gasteiger partial charge in [-0.2, -0.15) is 4.37 Å². The summed E-state index contributed by atoms with van der Waals surface area (Å²) in [6.07, 6.45) is 0. The van der Waals surface area contributed by atoms with E-state index in [9.17, 15) is 0 Å². The van der Waals surface area contributed by atoms with Crippen molar-refractivity contribution in [2.75, 3.05) is 17.2 Å². The number of amidine groups is 1. The summed E-state index contributed by atoms with van der Waals surface area (Å²) < 4.78 is 15.1. The second-order valence-corrected chi connectivity index (χ2v) is 11.4. The number of anilines is 3. The van der Waals surface area contributed by atoms with Crippen LogP contribution >= 0.6 is 11.5 Å². The highest BCUT2D eigenvalue weighted by molar-refractivity contribution is 7.13. The summed E-state index contributed by atoms with van der Waals surface area (Å²) in [6.45, 7) is 8.87. The van der Waals surface area contributed by atoms with Crippen LogP contribution in [0.1, 0.15) is 33.4 Å². The monoisotopic (exact) mass is 606 g/mol. The van der Waals surface area contributed by atoms with Crippen LogP contribution in [0.25, 0.3) is 32.0 Å². The van der Waals surface area contributed by atoms with Crippen molar-refractivity contribution in [2.24, 2.45) is 10.7 Å². The zero-order valence-electron chi connectivity index (χ0n) is 25.0. The number of hydrogen-bond donors (Lipinski definition) is 4. The van der Waals surface area contributed by atoms with E-state index in [2.05, 4.69) is 69.9 Å². The number of rotatable bonds is 0. The average Bonchev–Trinajstić information content (AvgIpc) is 3.77. The summed E-state index contributed by atoms with van der Waals surface area (Å²) in [4.78, 5) is 4.14. The third-order valence-electron chi connectivity index (χ3n) is 6.92. The van der Waals surface area contributed by atoms with Gasteiger partial charge in [0.25, 0.3) is 0 Å². The van der Waals surface area contributed by atoms with Gasteiger partial charge >= 0.3 is 0 Å². The summed E-state index contributed by atoms with van der Waals surface area (Å²) in [5.74, 6) is 2.25. The maximum absolute atomic E-state index is 5.67. The van der Waals surface area contributed by atoms with E-state index in [1.165, 1.54) is 28.2 Å². The molecule has 0 atom stereocenters. The molecule has 10 nitrogen and oxygen atoms in total. The summed E-state index contributed by atoms with van der Waals surface area (Å²) in [6, 6.07) is 24.1. The lowest BCUT2D eigenvalue weighted by Gasteiger charge is -1.99. The summed E-state index contributed by atoms with van der Waals surface area (Å²) in [5, 5.41) is 10.1. The molecule has 0 fully saturated rings. The van der Waals surface area contributed by atoms with Gasteiger partial charge in [-0.15, -0.1) is 0 Å². The third-order valence-corrected chi connectivity index (χ3v) is 7.76. The normalized spacial score (nSPS) is 11.6. The fourth-order valence-corrected chi connectivity index (χ4v) is 5.21. The van der Waals surface area contributed by atoms with Crippen molar-refractivity contribution in [2.45, 2.75) is 34.2 Å². The minimum atomic E-state index is 0.458. The molecule has 0 spiro atoms. The molecule has 1 aliphatic rings. The number of hydrogen-bond acceptors (Lipinski definition) is 11. The maximum Gasteiger partial charge on any atom is 0.174 e. The van der Waals surface area contributed by atoms with Crippen molar-refractivity contribution < 1.29 is 9.05 Å². The summed E-state index contributed by atoms with van der Waals surface area (Å²) in [7, 11) is 0. The van der Waals surface area contributed by atoms with Gasteiger partial charge in [-0.05, 0) is 92.8 Å². The molecule has 11 heteroatoms. The summed E-state index contributed by atoms with van der Waals surface area (Å²) in [5.41, 5.74) is 31.0. The first kappa shape index (κ1) is 30.1. The van der Waals surface area contributed by atoms with Crippen LogP contribution in [0.5, 0.6) is 0 Å². The number of nitrogens with two attached hydrogens (primary N) is 4. The van der Waals surface area contributed by atoms with E-state index in [1.807, 2.05) is 50.2 Å². The Morgan fingerprint density at radius 3 is 1.95 bits per heavy atom. The van der Waals surface area contributed by atoms with Crippen molar-refractivity contribution in [1.82, 2.24) is 14.7 Å². The summed E-state index contributed by atoms with van der Waals surface area (Å²) >= 11 is 1.45. The Bertz CT molecular complexity index is 2030. The van der Waals surface area contributed by atoms with E-state index < -0.39 is 0 Å². The van der Waals surface area contributed by atoms with Gasteiger partial charge in [0.05, 0.1) is 22.0 Å². The van der Waals surface area contributed by atoms with Crippen molar-refractivity contribution in [1.29, 1.82) is 0 Å². The van der Waals surface area contributed by atoms with Crippen LogP contribution in [0.4, 0.5) is 17.5 Å². The number of nitrogens with zero attached hydrogens (tertiary/aromatic N) is 4. The number of aliphatic imine (C=N–C) groups is 1. The smallest absolute Gasteiger partial charge is 0.174 e. The van der Waals surface area contributed by atoms with Gasteiger partial charge in [0.1, 0.15) is 11.7 Å². The molecule has 8 rings (SSSR count). The van der Waals surface area contributed by atoms with E-state index in [4.69, 9.17) is 32.0 Å². The van der Waals surface area contributed by atoms with E-state index in [0.29, 0.717) is 23.3 Å². The average molecular weight is 607 g/mol.